The summed E-state index contributed by atoms with van der Waals surface area (Å²) in [6.45, 7) is 0. The van der Waals surface area contributed by atoms with Crippen molar-refractivity contribution in [1.82, 2.24) is 5.43 Å². The van der Waals surface area contributed by atoms with Gasteiger partial charge in [0.1, 0.15) is 27.7 Å². The lowest BCUT2D eigenvalue weighted by Gasteiger charge is -2.10. The number of phenolic OH excluding ortho intramolecular Hbond substituents is 1. The molecule has 1 aliphatic rings. The predicted molar refractivity (Wildman–Crippen MR) is 121 cm³/mol. The zero-order valence-corrected chi connectivity index (χ0v) is 18.1. The molecule has 0 atom stereocenters. The minimum absolute atomic E-state index is 0.0411. The van der Waals surface area contributed by atoms with E-state index in [2.05, 4.69) is 26.5 Å². The maximum Gasteiger partial charge on any atom is 0.285 e. The number of halogens is 1. The third-order valence-corrected chi connectivity index (χ3v) is 7.11. The number of hydrazone groups is 1. The molecule has 4 aromatic rings. The number of aryl methyl sites for hydroxylation is 2. The van der Waals surface area contributed by atoms with Crippen molar-refractivity contribution in [1.29, 1.82) is 0 Å². The first-order valence-corrected chi connectivity index (χ1v) is 11.1. The topological polar surface area (TPSA) is 95.1 Å². The fourth-order valence-corrected chi connectivity index (χ4v) is 5.34. The molecule has 0 radical (unpaired) electrons. The Hall–Kier alpha value is -2.84. The van der Waals surface area contributed by atoms with Gasteiger partial charge in [-0.1, -0.05) is 12.1 Å². The number of thiophene rings is 1. The number of phenols is 1. The smallest absolute Gasteiger partial charge is 0.285 e. The standard InChI is InChI=1S/C22H17BrN2O4S/c23-14-9-16-18(11-5-1-3-7-15(11)29-16)13(19(14)26)10-24-25-22(28)21-20(27)12-6-2-4-8-17(12)30-21/h2,4,6,8-10,26-27H,1,3,5,7H2,(H,25,28). The zero-order valence-electron chi connectivity index (χ0n) is 15.7. The highest BCUT2D eigenvalue weighted by Gasteiger charge is 2.23. The molecule has 2 heterocycles. The summed E-state index contributed by atoms with van der Waals surface area (Å²) in [5, 5.41) is 26.5. The summed E-state index contributed by atoms with van der Waals surface area (Å²) in [4.78, 5) is 12.8. The quantitative estimate of drug-likeness (QED) is 0.265. The van der Waals surface area contributed by atoms with Gasteiger partial charge in [-0.05, 0) is 53.4 Å². The monoisotopic (exact) mass is 484 g/mol. The fraction of sp³-hybridized carbons (Fsp3) is 0.182. The van der Waals surface area contributed by atoms with Crippen molar-refractivity contribution in [3.63, 3.8) is 0 Å². The van der Waals surface area contributed by atoms with Gasteiger partial charge in [0.05, 0.1) is 10.7 Å². The van der Waals surface area contributed by atoms with E-state index < -0.39 is 5.91 Å². The van der Waals surface area contributed by atoms with Gasteiger partial charge in [0, 0.05) is 33.0 Å². The number of aromatic hydroxyl groups is 2. The van der Waals surface area contributed by atoms with E-state index in [1.54, 1.807) is 12.1 Å². The SMILES string of the molecule is O=C(NN=Cc1c(O)c(Br)cc2oc3c(c12)CCCC3)c1sc2ccccc2c1O. The van der Waals surface area contributed by atoms with Crippen molar-refractivity contribution < 1.29 is 19.4 Å². The van der Waals surface area contributed by atoms with Gasteiger partial charge in [0.25, 0.3) is 5.91 Å². The molecule has 3 N–H and O–H groups in total. The van der Waals surface area contributed by atoms with Crippen molar-refractivity contribution in [2.24, 2.45) is 5.10 Å². The molecule has 2 aromatic heterocycles. The first-order valence-electron chi connectivity index (χ1n) is 9.54. The summed E-state index contributed by atoms with van der Waals surface area (Å²) in [5.74, 6) is 0.423. The van der Waals surface area contributed by atoms with Crippen LogP contribution in [0, 0.1) is 0 Å². The molecule has 0 spiro atoms. The van der Waals surface area contributed by atoms with Gasteiger partial charge >= 0.3 is 0 Å². The van der Waals surface area contributed by atoms with E-state index in [1.165, 1.54) is 17.6 Å². The molecule has 6 nitrogen and oxygen atoms in total. The van der Waals surface area contributed by atoms with Crippen LogP contribution < -0.4 is 5.43 Å². The van der Waals surface area contributed by atoms with Crippen LogP contribution >= 0.6 is 27.3 Å². The van der Waals surface area contributed by atoms with Gasteiger partial charge in [-0.2, -0.15) is 5.10 Å². The number of rotatable bonds is 3. The summed E-state index contributed by atoms with van der Waals surface area (Å²) in [6, 6.07) is 9.03. The van der Waals surface area contributed by atoms with E-state index in [0.717, 1.165) is 47.1 Å². The third kappa shape index (κ3) is 3.07. The molecule has 5 rings (SSSR count). The van der Waals surface area contributed by atoms with Crippen LogP contribution in [0.15, 0.2) is 44.3 Å². The van der Waals surface area contributed by atoms with Gasteiger partial charge in [-0.3, -0.25) is 4.79 Å². The van der Waals surface area contributed by atoms with Crippen LogP contribution in [0.5, 0.6) is 11.5 Å². The van der Waals surface area contributed by atoms with E-state index in [1.807, 2.05) is 18.2 Å². The van der Waals surface area contributed by atoms with Crippen molar-refractivity contribution >= 4 is 60.4 Å². The zero-order chi connectivity index (χ0) is 20.8. The van der Waals surface area contributed by atoms with Crippen molar-refractivity contribution in [3.8, 4) is 11.5 Å². The third-order valence-electron chi connectivity index (χ3n) is 5.34. The number of carbonyl (C=O) groups is 1. The number of fused-ring (bicyclic) bond motifs is 4. The van der Waals surface area contributed by atoms with Gasteiger partial charge in [0.15, 0.2) is 0 Å². The Morgan fingerprint density at radius 3 is 2.83 bits per heavy atom. The second-order valence-corrected chi connectivity index (χ2v) is 9.09. The second kappa shape index (κ2) is 7.45. The van der Waals surface area contributed by atoms with Crippen LogP contribution in [0.1, 0.15) is 39.4 Å². The molecular formula is C22H17BrN2O4S. The molecule has 0 unspecified atom stereocenters. The van der Waals surface area contributed by atoms with Crippen LogP contribution in [0.4, 0.5) is 0 Å². The minimum Gasteiger partial charge on any atom is -0.506 e. The molecule has 30 heavy (non-hydrogen) atoms. The summed E-state index contributed by atoms with van der Waals surface area (Å²) < 4.78 is 7.31. The Balaban J connectivity index is 1.49. The van der Waals surface area contributed by atoms with Gasteiger partial charge in [-0.25, -0.2) is 5.43 Å². The largest absolute Gasteiger partial charge is 0.506 e. The predicted octanol–water partition coefficient (Wildman–Crippen LogP) is 5.46. The number of nitrogens with one attached hydrogen (secondary N) is 1. The van der Waals surface area contributed by atoms with Crippen LogP contribution in [0.3, 0.4) is 0 Å². The number of hydrogen-bond acceptors (Lipinski definition) is 6. The van der Waals surface area contributed by atoms with Crippen LogP contribution in [-0.2, 0) is 12.8 Å². The maximum atomic E-state index is 12.6. The Morgan fingerprint density at radius 1 is 1.20 bits per heavy atom. The number of amides is 1. The molecule has 0 saturated carbocycles. The number of benzene rings is 2. The van der Waals surface area contributed by atoms with E-state index in [4.69, 9.17) is 4.42 Å². The van der Waals surface area contributed by atoms with Crippen molar-refractivity contribution in [3.05, 3.63) is 56.6 Å². The molecule has 1 amide bonds. The molecular weight excluding hydrogens is 468 g/mol. The highest BCUT2D eigenvalue weighted by atomic mass is 79.9. The maximum absolute atomic E-state index is 12.6. The molecule has 8 heteroatoms. The van der Waals surface area contributed by atoms with Crippen LogP contribution in [0.2, 0.25) is 0 Å². The average molecular weight is 485 g/mol. The number of nitrogens with zero attached hydrogens (tertiary/aromatic N) is 1. The molecule has 152 valence electrons. The van der Waals surface area contributed by atoms with Crippen molar-refractivity contribution in [2.45, 2.75) is 25.7 Å². The second-order valence-electron chi connectivity index (χ2n) is 7.18. The Morgan fingerprint density at radius 2 is 2.00 bits per heavy atom. The first kappa shape index (κ1) is 19.1. The van der Waals surface area contributed by atoms with Crippen LogP contribution in [0.25, 0.3) is 21.1 Å². The lowest BCUT2D eigenvalue weighted by atomic mass is 9.94. The first-order chi connectivity index (χ1) is 14.5. The van der Waals surface area contributed by atoms with Crippen molar-refractivity contribution in [2.75, 3.05) is 0 Å². The molecule has 0 aliphatic heterocycles. The summed E-state index contributed by atoms with van der Waals surface area (Å²) in [6.07, 6.45) is 5.33. The molecule has 0 saturated heterocycles. The lowest BCUT2D eigenvalue weighted by molar-refractivity contribution is 0.0957. The molecule has 2 aromatic carbocycles. The Bertz CT molecular complexity index is 1340. The Kier molecular flexibility index (Phi) is 4.75. The normalized spacial score (nSPS) is 13.9. The van der Waals surface area contributed by atoms with Gasteiger partial charge < -0.3 is 14.6 Å². The van der Waals surface area contributed by atoms with Crippen LogP contribution in [-0.4, -0.2) is 22.3 Å². The fourth-order valence-electron chi connectivity index (χ4n) is 3.93. The minimum atomic E-state index is -0.509. The number of carbonyl (C=O) groups excluding carboxylic acids is 1. The van der Waals surface area contributed by atoms with E-state index in [-0.39, 0.29) is 16.4 Å². The highest BCUT2D eigenvalue weighted by Crippen LogP contribution is 2.40. The average Bonchev–Trinajstić information content (AvgIpc) is 3.28. The molecule has 1 aliphatic carbocycles. The number of hydrogen-bond donors (Lipinski definition) is 3. The summed E-state index contributed by atoms with van der Waals surface area (Å²) >= 11 is 4.56. The summed E-state index contributed by atoms with van der Waals surface area (Å²) in [5.41, 5.74) is 4.72. The van der Waals surface area contributed by atoms with Gasteiger partial charge in [-0.15, -0.1) is 11.3 Å². The van der Waals surface area contributed by atoms with E-state index in [9.17, 15) is 15.0 Å². The molecule has 0 fully saturated rings. The summed E-state index contributed by atoms with van der Waals surface area (Å²) in [7, 11) is 0. The van der Waals surface area contributed by atoms with E-state index >= 15 is 0 Å². The highest BCUT2D eigenvalue weighted by molar-refractivity contribution is 9.10. The lowest BCUT2D eigenvalue weighted by Crippen LogP contribution is -2.16. The Labute approximate surface area is 184 Å². The molecule has 0 bridgehead atoms. The van der Waals surface area contributed by atoms with E-state index in [0.29, 0.717) is 21.0 Å². The van der Waals surface area contributed by atoms with Gasteiger partial charge in [0.2, 0.25) is 0 Å². The number of furan rings is 1.